The number of pyridine rings is 3. The van der Waals surface area contributed by atoms with Crippen molar-refractivity contribution in [3.63, 3.8) is 0 Å². The first-order valence-electron chi connectivity index (χ1n) is 12.8. The van der Waals surface area contributed by atoms with E-state index in [1.807, 2.05) is 44.2 Å². The Bertz CT molecular complexity index is 1440. The van der Waals surface area contributed by atoms with Crippen LogP contribution in [0.1, 0.15) is 40.2 Å². The Morgan fingerprint density at radius 2 is 1.84 bits per heavy atom. The fourth-order valence-electron chi connectivity index (χ4n) is 4.78. The highest BCUT2D eigenvalue weighted by molar-refractivity contribution is 6.03. The van der Waals surface area contributed by atoms with Gasteiger partial charge >= 0.3 is 0 Å². The number of hydrogen-bond acceptors (Lipinski definition) is 7. The predicted molar refractivity (Wildman–Crippen MR) is 149 cm³/mol. The lowest BCUT2D eigenvalue weighted by molar-refractivity contribution is 0.102. The zero-order valence-electron chi connectivity index (χ0n) is 21.7. The number of nitrogens with two attached hydrogens (primary N) is 1. The second-order valence-electron chi connectivity index (χ2n) is 9.96. The molecule has 8 nitrogen and oxygen atoms in total. The Morgan fingerprint density at radius 1 is 1.05 bits per heavy atom. The number of aromatic nitrogens is 3. The molecule has 1 fully saturated rings. The summed E-state index contributed by atoms with van der Waals surface area (Å²) in [6.45, 7) is 6.44. The Labute approximate surface area is 222 Å². The first-order valence-corrected chi connectivity index (χ1v) is 12.8. The molecule has 1 saturated heterocycles. The number of nitrogens with one attached hydrogen (secondary N) is 1. The summed E-state index contributed by atoms with van der Waals surface area (Å²) in [5, 5.41) is 12.6. The van der Waals surface area contributed by atoms with Crippen molar-refractivity contribution in [1.82, 2.24) is 19.9 Å². The van der Waals surface area contributed by atoms with Crippen LogP contribution in [-0.4, -0.2) is 50.0 Å². The van der Waals surface area contributed by atoms with Crippen molar-refractivity contribution in [2.75, 3.05) is 18.4 Å². The third-order valence-electron chi connectivity index (χ3n) is 6.80. The number of nitrogens with zero attached hydrogens (tertiary/aromatic N) is 4. The Morgan fingerprint density at radius 3 is 2.58 bits per heavy atom. The minimum atomic E-state index is -0.345. The molecule has 5 rings (SSSR count). The molecule has 1 atom stereocenters. The first-order chi connectivity index (χ1) is 18.3. The van der Waals surface area contributed by atoms with Crippen LogP contribution < -0.4 is 11.1 Å². The lowest BCUT2D eigenvalue weighted by Gasteiger charge is -2.30. The molecular formula is C30H32N6O2. The molecule has 4 heterocycles. The van der Waals surface area contributed by atoms with E-state index in [2.05, 4.69) is 26.3 Å². The number of benzene rings is 1. The maximum absolute atomic E-state index is 13.3. The van der Waals surface area contributed by atoms with Crippen molar-refractivity contribution < 1.29 is 9.90 Å². The van der Waals surface area contributed by atoms with Crippen LogP contribution in [-0.2, 0) is 6.54 Å². The monoisotopic (exact) mass is 508 g/mol. The molecule has 8 heteroatoms. The number of piperidine rings is 1. The van der Waals surface area contributed by atoms with Gasteiger partial charge in [-0.05, 0) is 98.0 Å². The lowest BCUT2D eigenvalue weighted by Crippen LogP contribution is -2.42. The van der Waals surface area contributed by atoms with Gasteiger partial charge in [-0.1, -0.05) is 12.1 Å². The van der Waals surface area contributed by atoms with Crippen LogP contribution in [0.4, 0.5) is 5.82 Å². The molecule has 1 aromatic carbocycles. The number of phenolic OH excluding ortho intramolecular Hbond substituents is 1. The molecule has 1 aliphatic rings. The lowest BCUT2D eigenvalue weighted by atomic mass is 10.0. The van der Waals surface area contributed by atoms with Gasteiger partial charge in [0.05, 0.1) is 5.69 Å². The van der Waals surface area contributed by atoms with E-state index in [0.717, 1.165) is 71.7 Å². The van der Waals surface area contributed by atoms with Gasteiger partial charge in [-0.3, -0.25) is 19.7 Å². The number of hydrogen-bond donors (Lipinski definition) is 3. The second-order valence-corrected chi connectivity index (χ2v) is 9.96. The minimum absolute atomic E-state index is 0.181. The first kappa shape index (κ1) is 25.5. The highest BCUT2D eigenvalue weighted by Gasteiger charge is 2.19. The maximum atomic E-state index is 13.3. The van der Waals surface area contributed by atoms with Crippen molar-refractivity contribution in [1.29, 1.82) is 0 Å². The average Bonchev–Trinajstić information content (AvgIpc) is 2.90. The number of amides is 1. The van der Waals surface area contributed by atoms with E-state index in [1.165, 1.54) is 0 Å². The summed E-state index contributed by atoms with van der Waals surface area (Å²) in [4.78, 5) is 29.2. The number of anilines is 1. The number of aromatic hydroxyl groups is 1. The number of phenols is 1. The molecule has 0 bridgehead atoms. The minimum Gasteiger partial charge on any atom is -0.508 e. The molecule has 1 amide bonds. The van der Waals surface area contributed by atoms with Crippen LogP contribution in [0.25, 0.3) is 22.4 Å². The van der Waals surface area contributed by atoms with Crippen LogP contribution in [0, 0.1) is 13.8 Å². The zero-order valence-corrected chi connectivity index (χ0v) is 21.7. The summed E-state index contributed by atoms with van der Waals surface area (Å²) < 4.78 is 0. The van der Waals surface area contributed by atoms with Gasteiger partial charge < -0.3 is 16.2 Å². The van der Waals surface area contributed by atoms with Gasteiger partial charge in [-0.25, -0.2) is 4.98 Å². The number of likely N-dealkylation sites (tertiary alicyclic amines) is 1. The van der Waals surface area contributed by atoms with Crippen molar-refractivity contribution in [2.45, 2.75) is 39.3 Å². The van der Waals surface area contributed by atoms with Crippen LogP contribution in [0.15, 0.2) is 67.0 Å². The molecule has 0 saturated carbocycles. The van der Waals surface area contributed by atoms with E-state index < -0.39 is 0 Å². The molecule has 194 valence electrons. The maximum Gasteiger partial charge on any atom is 0.275 e. The molecule has 4 N–H and O–H groups in total. The van der Waals surface area contributed by atoms with Gasteiger partial charge in [0.25, 0.3) is 5.91 Å². The smallest absolute Gasteiger partial charge is 0.275 e. The van der Waals surface area contributed by atoms with E-state index in [4.69, 9.17) is 10.7 Å². The van der Waals surface area contributed by atoms with Gasteiger partial charge in [-0.15, -0.1) is 0 Å². The molecule has 38 heavy (non-hydrogen) atoms. The van der Waals surface area contributed by atoms with Crippen molar-refractivity contribution in [3.8, 4) is 28.1 Å². The van der Waals surface area contributed by atoms with E-state index >= 15 is 0 Å². The summed E-state index contributed by atoms with van der Waals surface area (Å²) in [7, 11) is 0. The summed E-state index contributed by atoms with van der Waals surface area (Å²) >= 11 is 0. The average molecular weight is 509 g/mol. The van der Waals surface area contributed by atoms with Gasteiger partial charge in [-0.2, -0.15) is 0 Å². The number of carbonyl (C=O) groups excluding carboxylic acids is 1. The third kappa shape index (κ3) is 6.04. The largest absolute Gasteiger partial charge is 0.508 e. The fraction of sp³-hybridized carbons (Fsp3) is 0.267. The number of carbonyl (C=O) groups is 1. The molecule has 0 spiro atoms. The molecule has 0 aliphatic carbocycles. The molecule has 3 aromatic heterocycles. The molecular weight excluding hydrogens is 476 g/mol. The summed E-state index contributed by atoms with van der Waals surface area (Å²) in [5.41, 5.74) is 12.8. The van der Waals surface area contributed by atoms with Crippen LogP contribution in [0.3, 0.4) is 0 Å². The summed E-state index contributed by atoms with van der Waals surface area (Å²) in [6, 6.07) is 16.7. The molecule has 4 aromatic rings. The number of aryl methyl sites for hydroxylation is 2. The highest BCUT2D eigenvalue weighted by Crippen LogP contribution is 2.27. The third-order valence-corrected chi connectivity index (χ3v) is 6.80. The van der Waals surface area contributed by atoms with Crippen molar-refractivity contribution in [2.24, 2.45) is 5.73 Å². The van der Waals surface area contributed by atoms with Crippen LogP contribution >= 0.6 is 0 Å². The predicted octanol–water partition coefficient (Wildman–Crippen LogP) is 4.70. The normalized spacial score (nSPS) is 15.8. The zero-order chi connectivity index (χ0) is 26.6. The van der Waals surface area contributed by atoms with Gasteiger partial charge in [0.2, 0.25) is 0 Å². The molecule has 1 unspecified atom stereocenters. The fourth-order valence-corrected chi connectivity index (χ4v) is 4.78. The van der Waals surface area contributed by atoms with E-state index in [0.29, 0.717) is 5.82 Å². The Balaban J connectivity index is 1.44. The Kier molecular flexibility index (Phi) is 7.44. The van der Waals surface area contributed by atoms with Gasteiger partial charge in [0, 0.05) is 42.8 Å². The number of rotatable bonds is 6. The highest BCUT2D eigenvalue weighted by atomic mass is 16.3. The topological polar surface area (TPSA) is 117 Å². The summed E-state index contributed by atoms with van der Waals surface area (Å²) in [6.07, 6.45) is 5.61. The molecule has 0 radical (unpaired) electrons. The standard InChI is InChI=1S/C30H32N6O2/c1-19-15-33-28(14-26(19)22-7-9-25(37)10-8-22)30(38)35-29-13-21(17-36-11-3-4-24(31)18-36)12-27(34-29)23-6-5-20(2)32-16-23/h5-10,12-16,24,37H,3-4,11,17-18,31H2,1-2H3,(H,34,35,38). The van der Waals surface area contributed by atoms with Crippen molar-refractivity contribution in [3.05, 3.63) is 89.5 Å². The van der Waals surface area contributed by atoms with Crippen molar-refractivity contribution >= 4 is 11.7 Å². The van der Waals surface area contributed by atoms with Gasteiger partial charge in [0.1, 0.15) is 17.3 Å². The SMILES string of the molecule is Cc1ccc(-c2cc(CN3CCCC(N)C3)cc(NC(=O)c3cc(-c4ccc(O)cc4)c(C)cn3)n2)cn1. The summed E-state index contributed by atoms with van der Waals surface area (Å²) in [5.74, 6) is 0.302. The van der Waals surface area contributed by atoms with E-state index in [9.17, 15) is 9.90 Å². The second kappa shape index (κ2) is 11.1. The quantitative estimate of drug-likeness (QED) is 0.345. The van der Waals surface area contributed by atoms with Crippen LogP contribution in [0.5, 0.6) is 5.75 Å². The molecule has 1 aliphatic heterocycles. The van der Waals surface area contributed by atoms with E-state index in [1.54, 1.807) is 30.6 Å². The van der Waals surface area contributed by atoms with E-state index in [-0.39, 0.29) is 23.4 Å². The van der Waals surface area contributed by atoms with Gasteiger partial charge in [0.15, 0.2) is 0 Å². The Hall–Kier alpha value is -4.14. The van der Waals surface area contributed by atoms with Crippen LogP contribution in [0.2, 0.25) is 0 Å².